The summed E-state index contributed by atoms with van der Waals surface area (Å²) in [7, 11) is 0. The maximum absolute atomic E-state index is 6.92. The Bertz CT molecular complexity index is 2400. The molecule has 0 bridgehead atoms. The molecule has 0 aromatic heterocycles. The topological polar surface area (TPSA) is 36.9 Å². The van der Waals surface area contributed by atoms with Crippen molar-refractivity contribution < 1.29 is 18.9 Å². The van der Waals surface area contributed by atoms with E-state index >= 15 is 0 Å². The highest BCUT2D eigenvalue weighted by atomic mass is 16.5. The summed E-state index contributed by atoms with van der Waals surface area (Å²) >= 11 is 0. The van der Waals surface area contributed by atoms with Gasteiger partial charge in [-0.15, -0.1) is 13.2 Å². The van der Waals surface area contributed by atoms with Crippen LogP contribution in [0, 0.1) is 0 Å². The molecule has 0 aliphatic carbocycles. The standard InChI is InChI=1S/C65H80O4/c1-9-15-24-48-64(11-3,12-4)68-60-44-36-56(37-45-60)63(8,53-30-22-18-23-31-53)55-34-42-59(43-35-55)67-51-27-19-25-49-65(13-5,14-6)69-61-46-38-57(39-47-61)62(7,52-28-20-17-21-29-52)54-32-40-58(41-33-54)66-50-26-16-10-2/h9-10,17-18,20-23,28-47H,1-2,11-16,19,24-27,48-51H2,3-8H3. The van der Waals surface area contributed by atoms with Crippen LogP contribution in [0.5, 0.6) is 23.0 Å². The van der Waals surface area contributed by atoms with Gasteiger partial charge in [0, 0.05) is 10.8 Å². The predicted molar refractivity (Wildman–Crippen MR) is 291 cm³/mol. The summed E-state index contributed by atoms with van der Waals surface area (Å²) < 4.78 is 26.0. The van der Waals surface area contributed by atoms with Crippen LogP contribution < -0.4 is 18.9 Å². The third-order valence-electron chi connectivity index (χ3n) is 15.1. The zero-order valence-electron chi connectivity index (χ0n) is 42.8. The fraction of sp³-hybridized carbons (Fsp3) is 0.385. The summed E-state index contributed by atoms with van der Waals surface area (Å²) in [6.07, 6.45) is 17.0. The van der Waals surface area contributed by atoms with Gasteiger partial charge in [0.2, 0.25) is 0 Å². The molecule has 364 valence electrons. The highest BCUT2D eigenvalue weighted by Crippen LogP contribution is 2.42. The van der Waals surface area contributed by atoms with Gasteiger partial charge in [0.05, 0.1) is 13.2 Å². The number of unbranched alkanes of at least 4 members (excludes halogenated alkanes) is 4. The van der Waals surface area contributed by atoms with Crippen LogP contribution in [0.3, 0.4) is 0 Å². The monoisotopic (exact) mass is 925 g/mol. The quantitative estimate of drug-likeness (QED) is 0.0256. The van der Waals surface area contributed by atoms with Crippen molar-refractivity contribution in [3.63, 3.8) is 0 Å². The molecule has 4 nitrogen and oxygen atoms in total. The van der Waals surface area contributed by atoms with Crippen molar-refractivity contribution in [2.24, 2.45) is 0 Å². The molecule has 2 atom stereocenters. The Hall–Kier alpha value is -6.00. The van der Waals surface area contributed by atoms with E-state index in [9.17, 15) is 0 Å². The normalized spacial score (nSPS) is 13.4. The Labute approximate surface area is 416 Å². The maximum atomic E-state index is 6.92. The zero-order chi connectivity index (χ0) is 49.0. The molecular formula is C65H80O4. The highest BCUT2D eigenvalue weighted by molar-refractivity contribution is 5.53. The van der Waals surface area contributed by atoms with E-state index in [0.29, 0.717) is 13.2 Å². The second kappa shape index (κ2) is 25.6. The largest absolute Gasteiger partial charge is 0.494 e. The van der Waals surface area contributed by atoms with Crippen LogP contribution in [-0.2, 0) is 10.8 Å². The molecule has 0 heterocycles. The van der Waals surface area contributed by atoms with Crippen LogP contribution >= 0.6 is 0 Å². The molecule has 6 aromatic rings. The number of rotatable bonds is 30. The molecule has 0 fully saturated rings. The SMILES string of the molecule is C=CCCCOc1ccc(C(C)(c2ccccc2)c2ccc(OC(CC)(CC)CCCCCOc3ccc(C(C)(c4ccccc4)c4ccc(OC(CC)(CC)CCCC=C)cc4)cc3)cc2)cc1. The summed E-state index contributed by atoms with van der Waals surface area (Å²) in [5, 5.41) is 0. The summed E-state index contributed by atoms with van der Waals surface area (Å²) in [5.41, 5.74) is 6.27. The number of hydrogen-bond donors (Lipinski definition) is 0. The molecule has 0 spiro atoms. The molecule has 6 rings (SSSR count). The zero-order valence-corrected chi connectivity index (χ0v) is 42.8. The Kier molecular flexibility index (Phi) is 19.4. The van der Waals surface area contributed by atoms with Crippen molar-refractivity contribution in [2.45, 2.75) is 147 Å². The van der Waals surface area contributed by atoms with E-state index in [-0.39, 0.29) is 22.0 Å². The van der Waals surface area contributed by atoms with Crippen LogP contribution in [0.25, 0.3) is 0 Å². The molecule has 0 N–H and O–H groups in total. The van der Waals surface area contributed by atoms with Crippen molar-refractivity contribution >= 4 is 0 Å². The minimum atomic E-state index is -0.360. The molecule has 4 heteroatoms. The number of allylic oxidation sites excluding steroid dienone is 2. The predicted octanol–water partition coefficient (Wildman–Crippen LogP) is 17.6. The Morgan fingerprint density at radius 1 is 0.362 bits per heavy atom. The van der Waals surface area contributed by atoms with Gasteiger partial charge in [-0.05, 0) is 179 Å². The van der Waals surface area contributed by atoms with Crippen LogP contribution in [-0.4, -0.2) is 24.4 Å². The van der Waals surface area contributed by atoms with E-state index in [1.54, 1.807) is 0 Å². The van der Waals surface area contributed by atoms with Crippen molar-refractivity contribution in [1.29, 1.82) is 0 Å². The van der Waals surface area contributed by atoms with Gasteiger partial charge < -0.3 is 18.9 Å². The molecule has 2 unspecified atom stereocenters. The van der Waals surface area contributed by atoms with E-state index in [1.165, 1.54) is 33.4 Å². The van der Waals surface area contributed by atoms with Gasteiger partial charge in [0.1, 0.15) is 34.2 Å². The van der Waals surface area contributed by atoms with E-state index < -0.39 is 0 Å². The molecule has 69 heavy (non-hydrogen) atoms. The second-order valence-corrected chi connectivity index (χ2v) is 19.2. The smallest absolute Gasteiger partial charge is 0.120 e. The first-order valence-electron chi connectivity index (χ1n) is 26.0. The molecular weight excluding hydrogens is 845 g/mol. The molecule has 0 aliphatic heterocycles. The van der Waals surface area contributed by atoms with Gasteiger partial charge in [-0.3, -0.25) is 0 Å². The number of benzene rings is 6. The Morgan fingerprint density at radius 2 is 0.681 bits per heavy atom. The van der Waals surface area contributed by atoms with Crippen molar-refractivity contribution in [2.75, 3.05) is 13.2 Å². The van der Waals surface area contributed by atoms with Gasteiger partial charge in [0.15, 0.2) is 0 Å². The van der Waals surface area contributed by atoms with Gasteiger partial charge in [-0.25, -0.2) is 0 Å². The van der Waals surface area contributed by atoms with E-state index in [4.69, 9.17) is 18.9 Å². The fourth-order valence-electron chi connectivity index (χ4n) is 10.0. The van der Waals surface area contributed by atoms with Crippen molar-refractivity contribution in [3.8, 4) is 23.0 Å². The van der Waals surface area contributed by atoms with Crippen molar-refractivity contribution in [1.82, 2.24) is 0 Å². The van der Waals surface area contributed by atoms with E-state index in [2.05, 4.69) is 212 Å². The minimum Gasteiger partial charge on any atom is -0.494 e. The van der Waals surface area contributed by atoms with Crippen molar-refractivity contribution in [3.05, 3.63) is 216 Å². The lowest BCUT2D eigenvalue weighted by molar-refractivity contribution is 0.0479. The Balaban J connectivity index is 1.04. The fourth-order valence-corrected chi connectivity index (χ4v) is 10.0. The average Bonchev–Trinajstić information content (AvgIpc) is 3.41. The highest BCUT2D eigenvalue weighted by Gasteiger charge is 2.34. The van der Waals surface area contributed by atoms with E-state index in [1.807, 2.05) is 12.2 Å². The first-order chi connectivity index (χ1) is 33.6. The van der Waals surface area contributed by atoms with Gasteiger partial charge in [-0.1, -0.05) is 149 Å². The molecule has 0 amide bonds. The second-order valence-electron chi connectivity index (χ2n) is 19.2. The molecule has 0 radical (unpaired) electrons. The van der Waals surface area contributed by atoms with Gasteiger partial charge >= 0.3 is 0 Å². The number of hydrogen-bond acceptors (Lipinski definition) is 4. The van der Waals surface area contributed by atoms with Gasteiger partial charge in [0.25, 0.3) is 0 Å². The number of ether oxygens (including phenoxy) is 4. The third kappa shape index (κ3) is 13.2. The van der Waals surface area contributed by atoms with E-state index in [0.717, 1.165) is 106 Å². The summed E-state index contributed by atoms with van der Waals surface area (Å²) in [6.45, 7) is 22.7. The first-order valence-corrected chi connectivity index (χ1v) is 26.0. The van der Waals surface area contributed by atoms with Crippen LogP contribution in [0.2, 0.25) is 0 Å². The summed E-state index contributed by atoms with van der Waals surface area (Å²) in [4.78, 5) is 0. The van der Waals surface area contributed by atoms with Crippen LogP contribution in [0.1, 0.15) is 158 Å². The molecule has 0 saturated heterocycles. The lowest BCUT2D eigenvalue weighted by Gasteiger charge is -2.34. The molecule has 0 saturated carbocycles. The lowest BCUT2D eigenvalue weighted by atomic mass is 9.71. The van der Waals surface area contributed by atoms with Crippen LogP contribution in [0.4, 0.5) is 0 Å². The minimum absolute atomic E-state index is 0.161. The summed E-state index contributed by atoms with van der Waals surface area (Å²) in [5.74, 6) is 3.64. The van der Waals surface area contributed by atoms with Crippen LogP contribution in [0.15, 0.2) is 183 Å². The average molecular weight is 925 g/mol. The maximum Gasteiger partial charge on any atom is 0.120 e. The third-order valence-corrected chi connectivity index (χ3v) is 15.1. The van der Waals surface area contributed by atoms with Gasteiger partial charge in [-0.2, -0.15) is 0 Å². The summed E-state index contributed by atoms with van der Waals surface area (Å²) in [6, 6.07) is 56.5. The lowest BCUT2D eigenvalue weighted by Crippen LogP contribution is -2.34. The molecule has 6 aromatic carbocycles. The molecule has 0 aliphatic rings. The Morgan fingerprint density at radius 3 is 1.04 bits per heavy atom. The first kappa shape index (κ1) is 52.4.